The normalized spacial score (nSPS) is 9.71. The molecule has 2 aromatic heterocycles. The van der Waals surface area contributed by atoms with Gasteiger partial charge in [-0.15, -0.1) is 0 Å². The highest BCUT2D eigenvalue weighted by Crippen LogP contribution is 2.23. The average molecular weight is 187 g/mol. The Bertz CT molecular complexity index is 417. The molecule has 14 heavy (non-hydrogen) atoms. The number of rotatable bonds is 2. The average Bonchev–Trinajstić information content (AvgIpc) is 2.23. The van der Waals surface area contributed by atoms with Crippen LogP contribution < -0.4 is 10.5 Å². The standard InChI is InChI=1S/C10H9N3O/c11-9-2-1-5-13-10(9)14-8-3-6-12-7-4-8/h1-7H,11H2. The van der Waals surface area contributed by atoms with E-state index in [-0.39, 0.29) is 0 Å². The van der Waals surface area contributed by atoms with E-state index in [0.29, 0.717) is 17.3 Å². The molecule has 0 aliphatic rings. The lowest BCUT2D eigenvalue weighted by atomic mass is 10.4. The summed E-state index contributed by atoms with van der Waals surface area (Å²) in [7, 11) is 0. The molecule has 0 fully saturated rings. The zero-order valence-corrected chi connectivity index (χ0v) is 7.42. The molecule has 0 aliphatic carbocycles. The number of aromatic nitrogens is 2. The Hall–Kier alpha value is -2.10. The number of anilines is 1. The Kier molecular flexibility index (Phi) is 2.27. The van der Waals surface area contributed by atoms with Crippen LogP contribution in [-0.2, 0) is 0 Å². The van der Waals surface area contributed by atoms with Crippen LogP contribution in [-0.4, -0.2) is 9.97 Å². The zero-order chi connectivity index (χ0) is 9.80. The van der Waals surface area contributed by atoms with Gasteiger partial charge in [0.15, 0.2) is 0 Å². The number of hydrogen-bond donors (Lipinski definition) is 1. The van der Waals surface area contributed by atoms with Gasteiger partial charge in [-0.1, -0.05) is 0 Å². The highest BCUT2D eigenvalue weighted by molar-refractivity contribution is 5.48. The van der Waals surface area contributed by atoms with Crippen molar-refractivity contribution < 1.29 is 4.74 Å². The Morgan fingerprint density at radius 3 is 2.57 bits per heavy atom. The lowest BCUT2D eigenvalue weighted by Crippen LogP contribution is -1.93. The van der Waals surface area contributed by atoms with Gasteiger partial charge in [0, 0.05) is 18.6 Å². The van der Waals surface area contributed by atoms with E-state index in [9.17, 15) is 0 Å². The Balaban J connectivity index is 2.24. The monoisotopic (exact) mass is 187 g/mol. The summed E-state index contributed by atoms with van der Waals surface area (Å²) in [6.07, 6.45) is 4.93. The van der Waals surface area contributed by atoms with Crippen molar-refractivity contribution in [2.45, 2.75) is 0 Å². The molecule has 4 heteroatoms. The van der Waals surface area contributed by atoms with Crippen LogP contribution in [0.3, 0.4) is 0 Å². The van der Waals surface area contributed by atoms with E-state index in [0.717, 1.165) is 0 Å². The van der Waals surface area contributed by atoms with Gasteiger partial charge >= 0.3 is 0 Å². The van der Waals surface area contributed by atoms with E-state index in [1.165, 1.54) is 0 Å². The largest absolute Gasteiger partial charge is 0.437 e. The molecule has 0 bridgehead atoms. The van der Waals surface area contributed by atoms with Gasteiger partial charge in [-0.05, 0) is 24.3 Å². The van der Waals surface area contributed by atoms with Crippen molar-refractivity contribution in [1.29, 1.82) is 0 Å². The van der Waals surface area contributed by atoms with Crippen LogP contribution in [0.25, 0.3) is 0 Å². The molecule has 2 heterocycles. The molecular weight excluding hydrogens is 178 g/mol. The van der Waals surface area contributed by atoms with Crippen LogP contribution in [0.5, 0.6) is 11.6 Å². The Labute approximate surface area is 81.4 Å². The lowest BCUT2D eigenvalue weighted by molar-refractivity contribution is 0.465. The summed E-state index contributed by atoms with van der Waals surface area (Å²) in [5.74, 6) is 1.09. The summed E-state index contributed by atoms with van der Waals surface area (Å²) in [5, 5.41) is 0. The van der Waals surface area contributed by atoms with Gasteiger partial charge in [-0.2, -0.15) is 0 Å². The van der Waals surface area contributed by atoms with Crippen molar-refractivity contribution in [3.8, 4) is 11.6 Å². The van der Waals surface area contributed by atoms with Gasteiger partial charge in [0.1, 0.15) is 5.75 Å². The maximum absolute atomic E-state index is 5.67. The molecular formula is C10H9N3O. The third-order valence-electron chi connectivity index (χ3n) is 1.66. The molecule has 0 atom stereocenters. The van der Waals surface area contributed by atoms with E-state index in [4.69, 9.17) is 10.5 Å². The fraction of sp³-hybridized carbons (Fsp3) is 0. The van der Waals surface area contributed by atoms with Gasteiger partial charge in [0.2, 0.25) is 5.88 Å². The van der Waals surface area contributed by atoms with Crippen LogP contribution in [0, 0.1) is 0 Å². The van der Waals surface area contributed by atoms with E-state index >= 15 is 0 Å². The maximum Gasteiger partial charge on any atom is 0.242 e. The minimum Gasteiger partial charge on any atom is -0.437 e. The third-order valence-corrected chi connectivity index (χ3v) is 1.66. The molecule has 2 aromatic rings. The number of nitrogens with zero attached hydrogens (tertiary/aromatic N) is 2. The summed E-state index contributed by atoms with van der Waals surface area (Å²) < 4.78 is 5.43. The first kappa shape index (κ1) is 8.50. The minimum absolute atomic E-state index is 0.415. The van der Waals surface area contributed by atoms with Crippen LogP contribution in [0.15, 0.2) is 42.9 Å². The maximum atomic E-state index is 5.67. The number of nitrogens with two attached hydrogens (primary N) is 1. The first-order valence-electron chi connectivity index (χ1n) is 4.14. The predicted molar refractivity (Wildman–Crippen MR) is 53.0 cm³/mol. The molecule has 70 valence electrons. The van der Waals surface area contributed by atoms with Crippen LogP contribution in [0.2, 0.25) is 0 Å². The zero-order valence-electron chi connectivity index (χ0n) is 7.42. The summed E-state index contributed by atoms with van der Waals surface area (Å²) in [4.78, 5) is 7.88. The summed E-state index contributed by atoms with van der Waals surface area (Å²) >= 11 is 0. The number of nitrogen functional groups attached to an aromatic ring is 1. The highest BCUT2D eigenvalue weighted by Gasteiger charge is 2.01. The van der Waals surface area contributed by atoms with E-state index in [2.05, 4.69) is 9.97 Å². The SMILES string of the molecule is Nc1cccnc1Oc1ccncc1. The van der Waals surface area contributed by atoms with E-state index in [1.807, 2.05) is 0 Å². The van der Waals surface area contributed by atoms with Gasteiger partial charge in [-0.3, -0.25) is 4.98 Å². The second-order valence-corrected chi connectivity index (χ2v) is 2.68. The topological polar surface area (TPSA) is 61.0 Å². The second kappa shape index (κ2) is 3.74. The van der Waals surface area contributed by atoms with Gasteiger partial charge < -0.3 is 10.5 Å². The van der Waals surface area contributed by atoms with Crippen LogP contribution >= 0.6 is 0 Å². The molecule has 2 N–H and O–H groups in total. The second-order valence-electron chi connectivity index (χ2n) is 2.68. The van der Waals surface area contributed by atoms with Crippen molar-refractivity contribution in [2.24, 2.45) is 0 Å². The number of pyridine rings is 2. The van der Waals surface area contributed by atoms with Crippen molar-refractivity contribution in [3.63, 3.8) is 0 Å². The molecule has 0 radical (unpaired) electrons. The molecule has 0 saturated carbocycles. The third kappa shape index (κ3) is 1.80. The minimum atomic E-state index is 0.415. The molecule has 0 saturated heterocycles. The first-order chi connectivity index (χ1) is 6.86. The van der Waals surface area contributed by atoms with Crippen LogP contribution in [0.1, 0.15) is 0 Å². The van der Waals surface area contributed by atoms with Crippen molar-refractivity contribution in [1.82, 2.24) is 9.97 Å². The van der Waals surface area contributed by atoms with Gasteiger partial charge in [-0.25, -0.2) is 4.98 Å². The van der Waals surface area contributed by atoms with E-state index < -0.39 is 0 Å². The summed E-state index contributed by atoms with van der Waals surface area (Å²) in [5.41, 5.74) is 6.18. The number of ether oxygens (including phenoxy) is 1. The van der Waals surface area contributed by atoms with Crippen molar-refractivity contribution >= 4 is 5.69 Å². The molecule has 4 nitrogen and oxygen atoms in total. The van der Waals surface area contributed by atoms with Gasteiger partial charge in [0.05, 0.1) is 5.69 Å². The lowest BCUT2D eigenvalue weighted by Gasteiger charge is -2.05. The number of hydrogen-bond acceptors (Lipinski definition) is 4. The quantitative estimate of drug-likeness (QED) is 0.779. The summed E-state index contributed by atoms with van der Waals surface area (Å²) in [6.45, 7) is 0. The smallest absolute Gasteiger partial charge is 0.242 e. The highest BCUT2D eigenvalue weighted by atomic mass is 16.5. The fourth-order valence-electron chi connectivity index (χ4n) is 1.01. The molecule has 0 unspecified atom stereocenters. The van der Waals surface area contributed by atoms with Crippen molar-refractivity contribution in [3.05, 3.63) is 42.9 Å². The molecule has 0 aliphatic heterocycles. The van der Waals surface area contributed by atoms with Crippen molar-refractivity contribution in [2.75, 3.05) is 5.73 Å². The molecule has 0 amide bonds. The van der Waals surface area contributed by atoms with Crippen LogP contribution in [0.4, 0.5) is 5.69 Å². The first-order valence-corrected chi connectivity index (χ1v) is 4.14. The Morgan fingerprint density at radius 2 is 1.86 bits per heavy atom. The molecule has 2 rings (SSSR count). The summed E-state index contributed by atoms with van der Waals surface area (Å²) in [6, 6.07) is 6.99. The predicted octanol–water partition coefficient (Wildman–Crippen LogP) is 1.85. The fourth-order valence-corrected chi connectivity index (χ4v) is 1.01. The molecule has 0 aromatic carbocycles. The van der Waals surface area contributed by atoms with E-state index in [1.54, 1.807) is 42.9 Å². The molecule has 0 spiro atoms. The Morgan fingerprint density at radius 1 is 1.07 bits per heavy atom. The van der Waals surface area contributed by atoms with Gasteiger partial charge in [0.25, 0.3) is 0 Å².